The number of hydrogen-bond acceptors (Lipinski definition) is 9. The molecule has 0 spiro atoms. The van der Waals surface area contributed by atoms with E-state index in [1.54, 1.807) is 12.1 Å². The number of halogens is 1. The summed E-state index contributed by atoms with van der Waals surface area (Å²) in [4.78, 5) is 28.3. The van der Waals surface area contributed by atoms with Gasteiger partial charge in [0.25, 0.3) is 0 Å². The minimum absolute atomic E-state index is 0.106. The summed E-state index contributed by atoms with van der Waals surface area (Å²) >= 11 is 5.47. The van der Waals surface area contributed by atoms with Crippen molar-refractivity contribution in [1.82, 2.24) is 9.80 Å². The van der Waals surface area contributed by atoms with Gasteiger partial charge >= 0.3 is 11.9 Å². The van der Waals surface area contributed by atoms with E-state index in [2.05, 4.69) is 50.0 Å². The summed E-state index contributed by atoms with van der Waals surface area (Å²) in [7, 11) is 0. The summed E-state index contributed by atoms with van der Waals surface area (Å²) in [5, 5.41) is 9.91. The third kappa shape index (κ3) is 13.6. The van der Waals surface area contributed by atoms with Gasteiger partial charge in [-0.15, -0.1) is 0 Å². The van der Waals surface area contributed by atoms with Crippen LogP contribution in [0, 0.1) is 0 Å². The molecule has 0 aromatic heterocycles. The van der Waals surface area contributed by atoms with Crippen molar-refractivity contribution >= 4 is 39.6 Å². The first-order valence-corrected chi connectivity index (χ1v) is 17.5. The minimum Gasteiger partial charge on any atom is -0.508 e. The zero-order valence-corrected chi connectivity index (χ0v) is 30.3. The highest BCUT2D eigenvalue weighted by Crippen LogP contribution is 2.34. The lowest BCUT2D eigenvalue weighted by Crippen LogP contribution is -2.48. The highest BCUT2D eigenvalue weighted by atomic mass is 79.9. The lowest BCUT2D eigenvalue weighted by atomic mass is 9.93. The summed E-state index contributed by atoms with van der Waals surface area (Å²) in [5.41, 5.74) is 1.12. The number of morpholine rings is 1. The molecule has 0 bridgehead atoms. The molecule has 2 atom stereocenters. The largest absolute Gasteiger partial charge is 0.508 e. The average Bonchev–Trinajstić information content (AvgIpc) is 2.94. The van der Waals surface area contributed by atoms with E-state index < -0.39 is 16.8 Å². The maximum atomic E-state index is 11.9. The second kappa shape index (κ2) is 16.6. The highest BCUT2D eigenvalue weighted by Gasteiger charge is 2.34. The molecular formula is C35H51BrN2O6S. The number of carbonyl (C=O) groups is 2. The SMILES string of the molecule is CC(C)(C)OC(=O)CCN1CCOC(C)(c2ccc(O)cc2)C1.CC(C)(C)OC(=O)CCN1CCSC(c2ccc(Br)cc2)C1. The van der Waals surface area contributed by atoms with Crippen LogP contribution in [0.1, 0.15) is 77.7 Å². The molecule has 0 radical (unpaired) electrons. The molecule has 0 amide bonds. The molecule has 10 heteroatoms. The van der Waals surface area contributed by atoms with E-state index in [1.165, 1.54) is 5.56 Å². The lowest BCUT2D eigenvalue weighted by molar-refractivity contribution is -0.157. The third-order valence-electron chi connectivity index (χ3n) is 7.33. The number of benzene rings is 2. The smallest absolute Gasteiger partial charge is 0.307 e. The van der Waals surface area contributed by atoms with Crippen LogP contribution in [0.4, 0.5) is 0 Å². The zero-order valence-electron chi connectivity index (χ0n) is 27.9. The molecule has 0 saturated carbocycles. The number of thioether (sulfide) groups is 1. The van der Waals surface area contributed by atoms with E-state index in [-0.39, 0.29) is 17.7 Å². The third-order valence-corrected chi connectivity index (χ3v) is 9.10. The number of phenolic OH excluding ortho intramolecular Hbond substituents is 1. The van der Waals surface area contributed by atoms with Crippen molar-refractivity contribution in [2.24, 2.45) is 0 Å². The topological polar surface area (TPSA) is 88.5 Å². The molecule has 45 heavy (non-hydrogen) atoms. The number of esters is 2. The quantitative estimate of drug-likeness (QED) is 0.293. The molecule has 2 saturated heterocycles. The zero-order chi connectivity index (χ0) is 33.3. The number of rotatable bonds is 8. The first-order valence-electron chi connectivity index (χ1n) is 15.7. The van der Waals surface area contributed by atoms with E-state index in [1.807, 2.05) is 72.4 Å². The van der Waals surface area contributed by atoms with Gasteiger partial charge in [-0.2, -0.15) is 11.8 Å². The molecule has 2 fully saturated rings. The van der Waals surface area contributed by atoms with Gasteiger partial charge in [0.1, 0.15) is 22.6 Å². The van der Waals surface area contributed by atoms with Gasteiger partial charge in [0, 0.05) is 54.7 Å². The highest BCUT2D eigenvalue weighted by molar-refractivity contribution is 9.10. The Hall–Kier alpha value is -2.11. The standard InChI is InChI=1S/C18H27NO4.C17H24BrNO2S/c1-17(2,3)23-16(21)9-10-19-11-12-22-18(4,13-19)14-5-7-15(20)8-6-14;1-17(2,3)21-16(20)8-9-19-10-11-22-15(12-19)13-4-6-14(18)7-5-13/h5-8,20H,9-13H2,1-4H3;4-7,15H,8-12H2,1-3H3. The fourth-order valence-electron chi connectivity index (χ4n) is 5.20. The number of nitrogens with zero attached hydrogens (tertiary/aromatic N) is 2. The molecule has 1 N–H and O–H groups in total. The number of ether oxygens (including phenoxy) is 3. The molecular weight excluding hydrogens is 656 g/mol. The molecule has 8 nitrogen and oxygen atoms in total. The van der Waals surface area contributed by atoms with Gasteiger partial charge in [0.2, 0.25) is 0 Å². The predicted molar refractivity (Wildman–Crippen MR) is 185 cm³/mol. The van der Waals surface area contributed by atoms with Crippen LogP contribution in [-0.2, 0) is 29.4 Å². The van der Waals surface area contributed by atoms with E-state index in [4.69, 9.17) is 14.2 Å². The Morgan fingerprint density at radius 1 is 0.911 bits per heavy atom. The van der Waals surface area contributed by atoms with Crippen LogP contribution in [0.3, 0.4) is 0 Å². The average molecular weight is 708 g/mol. The Morgan fingerprint density at radius 2 is 1.47 bits per heavy atom. The number of phenols is 1. The fourth-order valence-corrected chi connectivity index (χ4v) is 6.78. The summed E-state index contributed by atoms with van der Waals surface area (Å²) in [5.74, 6) is 1.07. The monoisotopic (exact) mass is 706 g/mol. The maximum Gasteiger partial charge on any atom is 0.307 e. The summed E-state index contributed by atoms with van der Waals surface area (Å²) in [6.07, 6.45) is 0.845. The van der Waals surface area contributed by atoms with Crippen molar-refractivity contribution in [2.75, 3.05) is 51.6 Å². The summed E-state index contributed by atoms with van der Waals surface area (Å²) < 4.78 is 17.8. The van der Waals surface area contributed by atoms with Crippen molar-refractivity contribution in [2.45, 2.75) is 83.4 Å². The Kier molecular flexibility index (Phi) is 13.8. The second-order valence-corrected chi connectivity index (χ2v) is 16.0. The van der Waals surface area contributed by atoms with Gasteiger partial charge in [-0.1, -0.05) is 40.2 Å². The molecule has 2 aromatic carbocycles. The Labute approximate surface area is 282 Å². The molecule has 2 aliphatic heterocycles. The van der Waals surface area contributed by atoms with Crippen LogP contribution < -0.4 is 0 Å². The molecule has 2 aliphatic rings. The maximum absolute atomic E-state index is 11.9. The van der Waals surface area contributed by atoms with Gasteiger partial charge in [0.15, 0.2) is 0 Å². The van der Waals surface area contributed by atoms with Gasteiger partial charge in [-0.25, -0.2) is 0 Å². The van der Waals surface area contributed by atoms with E-state index in [0.29, 0.717) is 37.8 Å². The van der Waals surface area contributed by atoms with Crippen molar-refractivity contribution in [3.05, 3.63) is 64.1 Å². The van der Waals surface area contributed by atoms with Crippen LogP contribution in [0.5, 0.6) is 5.75 Å². The van der Waals surface area contributed by atoms with Crippen LogP contribution in [0.15, 0.2) is 53.0 Å². The number of hydrogen-bond donors (Lipinski definition) is 1. The van der Waals surface area contributed by atoms with Gasteiger partial charge in [-0.05, 0) is 83.9 Å². The van der Waals surface area contributed by atoms with Crippen molar-refractivity contribution in [3.63, 3.8) is 0 Å². The minimum atomic E-state index is -0.442. The second-order valence-electron chi connectivity index (χ2n) is 13.8. The molecule has 4 rings (SSSR count). The van der Waals surface area contributed by atoms with Crippen molar-refractivity contribution < 1.29 is 28.9 Å². The van der Waals surface area contributed by atoms with Gasteiger partial charge in [-0.3, -0.25) is 14.5 Å². The van der Waals surface area contributed by atoms with Crippen molar-refractivity contribution in [1.29, 1.82) is 0 Å². The first kappa shape index (κ1) is 37.3. The van der Waals surface area contributed by atoms with Crippen LogP contribution in [0.25, 0.3) is 0 Å². The van der Waals surface area contributed by atoms with Crippen LogP contribution in [0.2, 0.25) is 0 Å². The molecule has 0 aliphatic carbocycles. The van der Waals surface area contributed by atoms with Crippen LogP contribution in [-0.4, -0.2) is 89.7 Å². The predicted octanol–water partition coefficient (Wildman–Crippen LogP) is 6.94. The lowest BCUT2D eigenvalue weighted by Gasteiger charge is -2.41. The molecule has 2 heterocycles. The molecule has 250 valence electrons. The van der Waals surface area contributed by atoms with E-state index in [0.717, 1.165) is 42.0 Å². The number of carbonyl (C=O) groups excluding carboxylic acids is 2. The van der Waals surface area contributed by atoms with E-state index >= 15 is 0 Å². The van der Waals surface area contributed by atoms with E-state index in [9.17, 15) is 14.7 Å². The normalized spacial score (nSPS) is 21.4. The summed E-state index contributed by atoms with van der Waals surface area (Å²) in [6, 6.07) is 15.6. The summed E-state index contributed by atoms with van der Waals surface area (Å²) in [6.45, 7) is 19.0. The first-order chi connectivity index (χ1) is 21.0. The number of aromatic hydroxyl groups is 1. The molecule has 2 aromatic rings. The Morgan fingerprint density at radius 3 is 2.02 bits per heavy atom. The van der Waals surface area contributed by atoms with Crippen molar-refractivity contribution in [3.8, 4) is 5.75 Å². The van der Waals surface area contributed by atoms with Crippen LogP contribution >= 0.6 is 27.7 Å². The Bertz CT molecular complexity index is 1230. The molecule has 2 unspecified atom stereocenters. The van der Waals surface area contributed by atoms with Gasteiger partial charge < -0.3 is 24.2 Å². The Balaban J connectivity index is 0.000000246. The van der Waals surface area contributed by atoms with Gasteiger partial charge in [0.05, 0.1) is 19.4 Å². The fraction of sp³-hybridized carbons (Fsp3) is 0.600.